The molecule has 1 aromatic carbocycles. The van der Waals surface area contributed by atoms with E-state index in [1.165, 1.54) is 12.0 Å². The van der Waals surface area contributed by atoms with E-state index in [2.05, 4.69) is 0 Å². The van der Waals surface area contributed by atoms with Crippen LogP contribution >= 0.6 is 0 Å². The van der Waals surface area contributed by atoms with Gasteiger partial charge in [0.1, 0.15) is 0 Å². The number of methoxy groups -OCH3 is 1. The Morgan fingerprint density at radius 2 is 2.12 bits per heavy atom. The number of rotatable bonds is 6. The van der Waals surface area contributed by atoms with Gasteiger partial charge in [0.25, 0.3) is 0 Å². The number of aliphatic hydroxyl groups is 1. The average Bonchev–Trinajstić information content (AvgIpc) is 2.31. The van der Waals surface area contributed by atoms with Crippen LogP contribution in [0.2, 0.25) is 0 Å². The Balaban J connectivity index is 2.07. The molecule has 0 radical (unpaired) electrons. The van der Waals surface area contributed by atoms with Crippen LogP contribution in [0.5, 0.6) is 11.5 Å². The molecule has 0 unspecified atom stereocenters. The van der Waals surface area contributed by atoms with Gasteiger partial charge in [0.15, 0.2) is 11.5 Å². The standard InChI is InChI=1S/C14H20O3/c1-16-13-8-7-11(4-3-9-15)10-14(13)17-12-5-2-6-12/h7-8,10,12,15H,2-6,9H2,1H3. The highest BCUT2D eigenvalue weighted by Gasteiger charge is 2.20. The maximum absolute atomic E-state index is 8.83. The smallest absolute Gasteiger partial charge is 0.161 e. The van der Waals surface area contributed by atoms with Crippen molar-refractivity contribution in [3.8, 4) is 11.5 Å². The van der Waals surface area contributed by atoms with Crippen molar-refractivity contribution in [3.63, 3.8) is 0 Å². The fourth-order valence-electron chi connectivity index (χ4n) is 1.92. The van der Waals surface area contributed by atoms with E-state index in [-0.39, 0.29) is 6.61 Å². The van der Waals surface area contributed by atoms with Gasteiger partial charge in [-0.05, 0) is 49.8 Å². The SMILES string of the molecule is COc1ccc(CCCO)cc1OC1CCC1. The Hall–Kier alpha value is -1.22. The lowest BCUT2D eigenvalue weighted by Crippen LogP contribution is -2.24. The molecule has 0 spiro atoms. The molecule has 0 atom stereocenters. The first-order chi connectivity index (χ1) is 8.33. The van der Waals surface area contributed by atoms with Crippen LogP contribution in [0, 0.1) is 0 Å². The van der Waals surface area contributed by atoms with Crippen LogP contribution in [-0.4, -0.2) is 24.9 Å². The summed E-state index contributed by atoms with van der Waals surface area (Å²) >= 11 is 0. The summed E-state index contributed by atoms with van der Waals surface area (Å²) < 4.78 is 11.2. The molecule has 0 aromatic heterocycles. The molecule has 1 fully saturated rings. The molecule has 1 saturated carbocycles. The lowest BCUT2D eigenvalue weighted by atomic mass is 9.96. The minimum atomic E-state index is 0.227. The highest BCUT2D eigenvalue weighted by atomic mass is 16.5. The monoisotopic (exact) mass is 236 g/mol. The lowest BCUT2D eigenvalue weighted by Gasteiger charge is -2.27. The van der Waals surface area contributed by atoms with E-state index >= 15 is 0 Å². The summed E-state index contributed by atoms with van der Waals surface area (Å²) in [6.45, 7) is 0.227. The molecular weight excluding hydrogens is 216 g/mol. The van der Waals surface area contributed by atoms with E-state index in [0.29, 0.717) is 6.10 Å². The summed E-state index contributed by atoms with van der Waals surface area (Å²) in [4.78, 5) is 0. The predicted molar refractivity (Wildman–Crippen MR) is 66.7 cm³/mol. The molecule has 0 saturated heterocycles. The normalized spacial score (nSPS) is 15.4. The molecule has 1 aromatic rings. The summed E-state index contributed by atoms with van der Waals surface area (Å²) in [7, 11) is 1.66. The topological polar surface area (TPSA) is 38.7 Å². The highest BCUT2D eigenvalue weighted by Crippen LogP contribution is 2.33. The first kappa shape index (κ1) is 12.2. The minimum Gasteiger partial charge on any atom is -0.493 e. The second-order valence-corrected chi connectivity index (χ2v) is 4.48. The molecule has 3 heteroatoms. The number of benzene rings is 1. The molecule has 1 aliphatic rings. The van der Waals surface area contributed by atoms with E-state index < -0.39 is 0 Å². The van der Waals surface area contributed by atoms with Gasteiger partial charge in [0.2, 0.25) is 0 Å². The molecular formula is C14H20O3. The number of hydrogen-bond donors (Lipinski definition) is 1. The summed E-state index contributed by atoms with van der Waals surface area (Å²) in [6.07, 6.45) is 5.57. The third-order valence-electron chi connectivity index (χ3n) is 3.20. The molecule has 0 aliphatic heterocycles. The second kappa shape index (κ2) is 5.92. The van der Waals surface area contributed by atoms with Gasteiger partial charge in [-0.2, -0.15) is 0 Å². The Bertz CT molecular complexity index is 358. The molecule has 94 valence electrons. The number of ether oxygens (including phenoxy) is 2. The van der Waals surface area contributed by atoms with E-state index in [4.69, 9.17) is 14.6 Å². The molecule has 2 rings (SSSR count). The first-order valence-electron chi connectivity index (χ1n) is 6.28. The zero-order valence-electron chi connectivity index (χ0n) is 10.3. The molecule has 17 heavy (non-hydrogen) atoms. The second-order valence-electron chi connectivity index (χ2n) is 4.48. The zero-order valence-corrected chi connectivity index (χ0v) is 10.3. The van der Waals surface area contributed by atoms with Crippen molar-refractivity contribution in [3.05, 3.63) is 23.8 Å². The van der Waals surface area contributed by atoms with Crippen molar-refractivity contribution < 1.29 is 14.6 Å². The summed E-state index contributed by atoms with van der Waals surface area (Å²) in [6, 6.07) is 6.01. The van der Waals surface area contributed by atoms with Crippen LogP contribution in [0.4, 0.5) is 0 Å². The van der Waals surface area contributed by atoms with Gasteiger partial charge in [0, 0.05) is 6.61 Å². The fourth-order valence-corrected chi connectivity index (χ4v) is 1.92. The van der Waals surface area contributed by atoms with Crippen molar-refractivity contribution >= 4 is 0 Å². The Kier molecular flexibility index (Phi) is 4.26. The predicted octanol–water partition coefficient (Wildman–Crippen LogP) is 2.55. The maximum Gasteiger partial charge on any atom is 0.161 e. The Morgan fingerprint density at radius 3 is 2.71 bits per heavy atom. The Labute approximate surface area is 102 Å². The van der Waals surface area contributed by atoms with Gasteiger partial charge in [-0.1, -0.05) is 6.07 Å². The van der Waals surface area contributed by atoms with Gasteiger partial charge in [-0.25, -0.2) is 0 Å². The molecule has 0 amide bonds. The molecule has 0 bridgehead atoms. The van der Waals surface area contributed by atoms with E-state index in [9.17, 15) is 0 Å². The summed E-state index contributed by atoms with van der Waals surface area (Å²) in [5.74, 6) is 1.64. The van der Waals surface area contributed by atoms with Crippen molar-refractivity contribution in [2.24, 2.45) is 0 Å². The number of aryl methyl sites for hydroxylation is 1. The van der Waals surface area contributed by atoms with Crippen molar-refractivity contribution in [2.75, 3.05) is 13.7 Å². The quantitative estimate of drug-likeness (QED) is 0.825. The Morgan fingerprint density at radius 1 is 1.29 bits per heavy atom. The number of aliphatic hydroxyl groups excluding tert-OH is 1. The van der Waals surface area contributed by atoms with Gasteiger partial charge in [-0.15, -0.1) is 0 Å². The van der Waals surface area contributed by atoms with E-state index in [0.717, 1.165) is 37.2 Å². The van der Waals surface area contributed by atoms with Gasteiger partial charge < -0.3 is 14.6 Å². The van der Waals surface area contributed by atoms with Gasteiger partial charge in [0.05, 0.1) is 13.2 Å². The summed E-state index contributed by atoms with van der Waals surface area (Å²) in [5, 5.41) is 8.83. The molecule has 3 nitrogen and oxygen atoms in total. The average molecular weight is 236 g/mol. The largest absolute Gasteiger partial charge is 0.493 e. The van der Waals surface area contributed by atoms with Crippen molar-refractivity contribution in [1.82, 2.24) is 0 Å². The van der Waals surface area contributed by atoms with E-state index in [1.807, 2.05) is 18.2 Å². The molecule has 1 N–H and O–H groups in total. The van der Waals surface area contributed by atoms with Crippen LogP contribution < -0.4 is 9.47 Å². The maximum atomic E-state index is 8.83. The first-order valence-corrected chi connectivity index (χ1v) is 6.28. The number of hydrogen-bond acceptors (Lipinski definition) is 3. The van der Waals surface area contributed by atoms with Crippen molar-refractivity contribution in [2.45, 2.75) is 38.2 Å². The van der Waals surface area contributed by atoms with Gasteiger partial charge >= 0.3 is 0 Å². The van der Waals surface area contributed by atoms with Crippen LogP contribution in [0.1, 0.15) is 31.2 Å². The van der Waals surface area contributed by atoms with Crippen LogP contribution in [-0.2, 0) is 6.42 Å². The zero-order chi connectivity index (χ0) is 12.1. The molecule has 0 heterocycles. The third kappa shape index (κ3) is 3.13. The van der Waals surface area contributed by atoms with E-state index in [1.54, 1.807) is 7.11 Å². The van der Waals surface area contributed by atoms with Crippen LogP contribution in [0.15, 0.2) is 18.2 Å². The molecule has 1 aliphatic carbocycles. The van der Waals surface area contributed by atoms with Crippen molar-refractivity contribution in [1.29, 1.82) is 0 Å². The highest BCUT2D eigenvalue weighted by molar-refractivity contribution is 5.43. The third-order valence-corrected chi connectivity index (χ3v) is 3.20. The van der Waals surface area contributed by atoms with Gasteiger partial charge in [-0.3, -0.25) is 0 Å². The lowest BCUT2D eigenvalue weighted by molar-refractivity contribution is 0.116. The fraction of sp³-hybridized carbons (Fsp3) is 0.571. The van der Waals surface area contributed by atoms with Crippen LogP contribution in [0.3, 0.4) is 0 Å². The minimum absolute atomic E-state index is 0.227. The summed E-state index contributed by atoms with van der Waals surface area (Å²) in [5.41, 5.74) is 1.19. The van der Waals surface area contributed by atoms with Crippen LogP contribution in [0.25, 0.3) is 0 Å².